The van der Waals surface area contributed by atoms with Gasteiger partial charge >= 0.3 is 11.7 Å². The van der Waals surface area contributed by atoms with Crippen LogP contribution in [0.5, 0.6) is 0 Å². The molecule has 1 unspecified atom stereocenters. The Morgan fingerprint density at radius 1 is 1.37 bits per heavy atom. The van der Waals surface area contributed by atoms with Crippen molar-refractivity contribution in [3.63, 3.8) is 0 Å². The van der Waals surface area contributed by atoms with E-state index < -0.39 is 47.1 Å². The number of anilines is 2. The van der Waals surface area contributed by atoms with Crippen LogP contribution >= 0.6 is 0 Å². The highest BCUT2D eigenvalue weighted by atomic mass is 16.6. The van der Waals surface area contributed by atoms with E-state index in [1.54, 1.807) is 0 Å². The molecule has 1 aliphatic heterocycles. The van der Waals surface area contributed by atoms with Crippen LogP contribution < -0.4 is 11.1 Å². The Labute approximate surface area is 152 Å². The molecule has 2 heterocycles. The van der Waals surface area contributed by atoms with Crippen molar-refractivity contribution in [1.82, 2.24) is 9.97 Å². The third-order valence-corrected chi connectivity index (χ3v) is 3.13. The van der Waals surface area contributed by atoms with Crippen LogP contribution in [0.4, 0.5) is 17.3 Å². The van der Waals surface area contributed by atoms with Crippen LogP contribution in [-0.4, -0.2) is 73.3 Å². The van der Waals surface area contributed by atoms with Gasteiger partial charge < -0.3 is 35.8 Å². The SMILES string of the molecule is CC(=O)O.CC(=O)OC[C@H]1OC(Nc2ncnc(N)c2[N+](=O)[O-])[C@H](O)[C@@H]1O. The number of nitrogen functional groups attached to an aromatic ring is 1. The number of aliphatic carboxylic acids is 1. The van der Waals surface area contributed by atoms with Crippen molar-refractivity contribution in [2.75, 3.05) is 17.7 Å². The molecule has 0 bridgehead atoms. The highest BCUT2D eigenvalue weighted by molar-refractivity contribution is 5.67. The molecule has 0 amide bonds. The Morgan fingerprint density at radius 2 is 1.96 bits per heavy atom. The van der Waals surface area contributed by atoms with Crippen molar-refractivity contribution in [1.29, 1.82) is 0 Å². The third-order valence-electron chi connectivity index (χ3n) is 3.13. The standard InChI is InChI=1S/C11H15N5O7.C2H4O2/c1-4(17)22-2-5-7(18)8(19)11(23-5)15-10-6(16(20)21)9(12)13-3-14-10;1-2(3)4/h3,5,7-8,11,18-19H,2H2,1H3,(H3,12,13,14,15);1H3,(H,3,4)/t5-,7-,8-,11?;/m1./s1. The Morgan fingerprint density at radius 3 is 2.48 bits per heavy atom. The van der Waals surface area contributed by atoms with Crippen LogP contribution in [0.3, 0.4) is 0 Å². The predicted octanol–water partition coefficient (Wildman–Crippen LogP) is -1.52. The molecule has 1 saturated heterocycles. The summed E-state index contributed by atoms with van der Waals surface area (Å²) in [5.74, 6) is -2.05. The molecule has 1 aliphatic rings. The number of carboxylic acids is 1. The summed E-state index contributed by atoms with van der Waals surface area (Å²) < 4.78 is 10.0. The van der Waals surface area contributed by atoms with E-state index in [0.29, 0.717) is 0 Å². The van der Waals surface area contributed by atoms with Crippen LogP contribution in [0.1, 0.15) is 13.8 Å². The summed E-state index contributed by atoms with van der Waals surface area (Å²) in [4.78, 5) is 37.2. The number of nitro groups is 1. The van der Waals surface area contributed by atoms with Gasteiger partial charge in [-0.2, -0.15) is 0 Å². The second-order valence-corrected chi connectivity index (χ2v) is 5.26. The fourth-order valence-corrected chi connectivity index (χ4v) is 2.02. The van der Waals surface area contributed by atoms with Gasteiger partial charge in [0.15, 0.2) is 6.23 Å². The van der Waals surface area contributed by atoms with E-state index in [1.165, 1.54) is 6.92 Å². The summed E-state index contributed by atoms with van der Waals surface area (Å²) in [7, 11) is 0. The van der Waals surface area contributed by atoms with Gasteiger partial charge in [-0.15, -0.1) is 0 Å². The van der Waals surface area contributed by atoms with E-state index in [1.807, 2.05) is 0 Å². The maximum absolute atomic E-state index is 11.0. The number of carbonyl (C=O) groups is 2. The molecule has 14 heteroatoms. The summed E-state index contributed by atoms with van der Waals surface area (Å²) in [6.07, 6.45) is -3.99. The predicted molar refractivity (Wildman–Crippen MR) is 87.3 cm³/mol. The zero-order chi connectivity index (χ0) is 20.7. The van der Waals surface area contributed by atoms with Crippen LogP contribution in [0, 0.1) is 10.1 Å². The second kappa shape index (κ2) is 9.56. The number of nitrogens with zero attached hydrogens (tertiary/aromatic N) is 3. The zero-order valence-corrected chi connectivity index (χ0v) is 14.3. The summed E-state index contributed by atoms with van der Waals surface area (Å²) in [5.41, 5.74) is 4.84. The van der Waals surface area contributed by atoms with Crippen LogP contribution in [0.15, 0.2) is 6.33 Å². The first-order chi connectivity index (χ1) is 12.5. The molecule has 2 rings (SSSR count). The molecule has 1 fully saturated rings. The molecule has 14 nitrogen and oxygen atoms in total. The molecule has 27 heavy (non-hydrogen) atoms. The first-order valence-corrected chi connectivity index (χ1v) is 7.40. The number of nitrogens with one attached hydrogen (secondary N) is 1. The van der Waals surface area contributed by atoms with Gasteiger partial charge in [0.05, 0.1) is 4.92 Å². The lowest BCUT2D eigenvalue weighted by atomic mass is 10.1. The molecule has 1 aromatic rings. The number of rotatable bonds is 5. The van der Waals surface area contributed by atoms with Crippen molar-refractivity contribution >= 4 is 29.3 Å². The topological polar surface area (TPSA) is 220 Å². The van der Waals surface area contributed by atoms with Crippen LogP contribution in [0.25, 0.3) is 0 Å². The normalized spacial score (nSPS) is 23.7. The minimum Gasteiger partial charge on any atom is -0.481 e. The maximum atomic E-state index is 11.0. The van der Waals surface area contributed by atoms with Gasteiger partial charge in [-0.25, -0.2) is 9.97 Å². The number of hydrogen-bond donors (Lipinski definition) is 5. The molecule has 0 aromatic carbocycles. The minimum absolute atomic E-state index is 0.271. The molecule has 1 aromatic heterocycles. The summed E-state index contributed by atoms with van der Waals surface area (Å²) in [6.45, 7) is 1.99. The van der Waals surface area contributed by atoms with Crippen LogP contribution in [-0.2, 0) is 19.1 Å². The van der Waals surface area contributed by atoms with Crippen molar-refractivity contribution < 1.29 is 39.3 Å². The minimum atomic E-state index is -1.42. The van der Waals surface area contributed by atoms with Gasteiger partial charge in [0.1, 0.15) is 31.2 Å². The number of carboxylic acid groups (broad SMARTS) is 1. The van der Waals surface area contributed by atoms with Crippen molar-refractivity contribution in [3.05, 3.63) is 16.4 Å². The van der Waals surface area contributed by atoms with E-state index in [-0.39, 0.29) is 18.2 Å². The van der Waals surface area contributed by atoms with Gasteiger partial charge in [0, 0.05) is 13.8 Å². The Balaban J connectivity index is 0.000000828. The van der Waals surface area contributed by atoms with E-state index in [0.717, 1.165) is 13.3 Å². The first-order valence-electron chi connectivity index (χ1n) is 7.40. The summed E-state index contributed by atoms with van der Waals surface area (Å²) >= 11 is 0. The molecule has 0 radical (unpaired) electrons. The lowest BCUT2D eigenvalue weighted by molar-refractivity contribution is -0.383. The van der Waals surface area contributed by atoms with Crippen molar-refractivity contribution in [2.24, 2.45) is 0 Å². The van der Waals surface area contributed by atoms with E-state index in [9.17, 15) is 25.1 Å². The number of carbonyl (C=O) groups excluding carboxylic acids is 1. The Bertz CT molecular complexity index is 697. The Hall–Kier alpha value is -3.10. The smallest absolute Gasteiger partial charge is 0.353 e. The number of aliphatic hydroxyl groups is 2. The van der Waals surface area contributed by atoms with Gasteiger partial charge in [-0.05, 0) is 0 Å². The number of aromatic nitrogens is 2. The molecule has 0 spiro atoms. The van der Waals surface area contributed by atoms with E-state index in [4.69, 9.17) is 25.1 Å². The van der Waals surface area contributed by atoms with Gasteiger partial charge in [-0.3, -0.25) is 19.7 Å². The van der Waals surface area contributed by atoms with Crippen molar-refractivity contribution in [3.8, 4) is 0 Å². The number of ether oxygens (including phenoxy) is 2. The average Bonchev–Trinajstić information content (AvgIpc) is 2.80. The third kappa shape index (κ3) is 6.28. The van der Waals surface area contributed by atoms with E-state index in [2.05, 4.69) is 15.3 Å². The average molecular weight is 389 g/mol. The molecular weight excluding hydrogens is 370 g/mol. The first kappa shape index (κ1) is 21.9. The fraction of sp³-hybridized carbons (Fsp3) is 0.538. The van der Waals surface area contributed by atoms with Gasteiger partial charge in [-0.1, -0.05) is 0 Å². The maximum Gasteiger partial charge on any atom is 0.353 e. The number of aliphatic hydroxyl groups excluding tert-OH is 2. The van der Waals surface area contributed by atoms with Crippen molar-refractivity contribution in [2.45, 2.75) is 38.4 Å². The van der Waals surface area contributed by atoms with Gasteiger partial charge in [0.25, 0.3) is 5.97 Å². The highest BCUT2D eigenvalue weighted by Crippen LogP contribution is 2.30. The molecule has 0 aliphatic carbocycles. The second-order valence-electron chi connectivity index (χ2n) is 5.26. The molecule has 0 saturated carbocycles. The number of nitrogens with two attached hydrogens (primary N) is 1. The Kier molecular flexibility index (Phi) is 7.77. The lowest BCUT2D eigenvalue weighted by Gasteiger charge is -2.16. The molecule has 6 N–H and O–H groups in total. The molecule has 4 atom stereocenters. The fourth-order valence-electron chi connectivity index (χ4n) is 2.02. The molecule has 150 valence electrons. The summed E-state index contributed by atoms with van der Waals surface area (Å²) in [6, 6.07) is 0. The largest absolute Gasteiger partial charge is 0.481 e. The summed E-state index contributed by atoms with van der Waals surface area (Å²) in [5, 5.41) is 40.7. The number of esters is 1. The monoisotopic (exact) mass is 389 g/mol. The quantitative estimate of drug-likeness (QED) is 0.219. The van der Waals surface area contributed by atoms with E-state index >= 15 is 0 Å². The highest BCUT2D eigenvalue weighted by Gasteiger charge is 2.44. The van der Waals surface area contributed by atoms with Crippen LogP contribution in [0.2, 0.25) is 0 Å². The number of hydrogen-bond acceptors (Lipinski definition) is 12. The zero-order valence-electron chi connectivity index (χ0n) is 14.3. The lowest BCUT2D eigenvalue weighted by Crippen LogP contribution is -2.37. The van der Waals surface area contributed by atoms with Gasteiger partial charge in [0.2, 0.25) is 11.6 Å². The molecular formula is C13H19N5O9.